The van der Waals surface area contributed by atoms with E-state index in [2.05, 4.69) is 24.1 Å². The molecule has 0 aliphatic rings. The molecule has 0 atom stereocenters. The first-order valence-corrected chi connectivity index (χ1v) is 9.09. The molecule has 0 radical (unpaired) electrons. The topological polar surface area (TPSA) is 94.6 Å². The Hall–Kier alpha value is -2.45. The van der Waals surface area contributed by atoms with Crippen LogP contribution in [0.3, 0.4) is 0 Å². The van der Waals surface area contributed by atoms with Gasteiger partial charge < -0.3 is 24.9 Å². The van der Waals surface area contributed by atoms with Crippen LogP contribution in [0.4, 0.5) is 10.5 Å². The molecule has 0 bridgehead atoms. The number of hydrogen-bond donors (Lipinski definition) is 1. The number of nitrogens with zero attached hydrogens (tertiary/aromatic N) is 2. The monoisotopic (exact) mass is 376 g/mol. The van der Waals surface area contributed by atoms with Crippen molar-refractivity contribution in [3.05, 3.63) is 45.9 Å². The molecule has 2 aromatic rings. The lowest BCUT2D eigenvalue weighted by molar-refractivity contribution is -0.255. The minimum Gasteiger partial charge on any atom is -0.543 e. The highest BCUT2D eigenvalue weighted by molar-refractivity contribution is 7.09. The molecule has 0 spiro atoms. The van der Waals surface area contributed by atoms with Crippen LogP contribution in [-0.4, -0.2) is 42.1 Å². The van der Waals surface area contributed by atoms with Crippen LogP contribution >= 0.6 is 11.3 Å². The largest absolute Gasteiger partial charge is 0.543 e. The van der Waals surface area contributed by atoms with Gasteiger partial charge in [0.05, 0.1) is 24.8 Å². The zero-order chi connectivity index (χ0) is 19.1. The highest BCUT2D eigenvalue weighted by atomic mass is 32.1. The number of carbonyl (C=O) groups excluding carboxylic acids is 2. The molecule has 1 aromatic heterocycles. The number of benzene rings is 1. The van der Waals surface area contributed by atoms with Gasteiger partial charge in [0.1, 0.15) is 5.01 Å². The summed E-state index contributed by atoms with van der Waals surface area (Å²) in [5.41, 5.74) is 1.76. The predicted octanol–water partition coefficient (Wildman–Crippen LogP) is 2.31. The second kappa shape index (κ2) is 9.30. The molecule has 0 aliphatic carbocycles. The average molecular weight is 376 g/mol. The van der Waals surface area contributed by atoms with E-state index in [1.807, 2.05) is 24.3 Å². The van der Waals surface area contributed by atoms with E-state index in [0.717, 1.165) is 0 Å². The van der Waals surface area contributed by atoms with Gasteiger partial charge in [-0.15, -0.1) is 11.3 Å². The van der Waals surface area contributed by atoms with Crippen molar-refractivity contribution in [1.29, 1.82) is 0 Å². The van der Waals surface area contributed by atoms with Crippen LogP contribution in [0.1, 0.15) is 40.8 Å². The summed E-state index contributed by atoms with van der Waals surface area (Å²) < 4.78 is 5.05. The van der Waals surface area contributed by atoms with E-state index in [0.29, 0.717) is 29.8 Å². The fourth-order valence-corrected chi connectivity index (χ4v) is 3.03. The fourth-order valence-electron chi connectivity index (χ4n) is 2.25. The third-order valence-corrected chi connectivity index (χ3v) is 4.60. The summed E-state index contributed by atoms with van der Waals surface area (Å²) in [5.74, 6) is -0.911. The number of hydrogen-bond acceptors (Lipinski definition) is 6. The van der Waals surface area contributed by atoms with Crippen molar-refractivity contribution < 1.29 is 19.4 Å². The second-order valence-corrected chi connectivity index (χ2v) is 6.98. The molecule has 0 saturated heterocycles. The van der Waals surface area contributed by atoms with Gasteiger partial charge in [-0.1, -0.05) is 26.0 Å². The highest BCUT2D eigenvalue weighted by Crippen LogP contribution is 2.18. The molecule has 1 aromatic carbocycles. The van der Waals surface area contributed by atoms with Crippen LogP contribution in [0.5, 0.6) is 0 Å². The summed E-state index contributed by atoms with van der Waals surface area (Å²) in [6.07, 6.45) is 0. The number of thiazole rings is 1. The average Bonchev–Trinajstić information content (AvgIpc) is 3.08. The summed E-state index contributed by atoms with van der Waals surface area (Å²) in [4.78, 5) is 28.9. The molecule has 2 amide bonds. The SMILES string of the molecule is COCCN(Cc1nc(C(=O)[O-])cs1)C(=O)Nc1ccc(C(C)C)cc1. The molecule has 140 valence electrons. The Kier molecular flexibility index (Phi) is 7.11. The van der Waals surface area contributed by atoms with E-state index in [1.54, 1.807) is 7.11 Å². The number of amides is 2. The standard InChI is InChI=1S/C18H23N3O4S/c1-12(2)13-4-6-14(7-5-13)19-18(24)21(8-9-25-3)10-16-20-15(11-26-16)17(22)23/h4-7,11-12H,8-10H2,1-3H3,(H,19,24)(H,22,23)/p-1. The van der Waals surface area contributed by atoms with Crippen LogP contribution in [-0.2, 0) is 11.3 Å². The van der Waals surface area contributed by atoms with Crippen LogP contribution in [0.25, 0.3) is 0 Å². The predicted molar refractivity (Wildman–Crippen MR) is 98.3 cm³/mol. The van der Waals surface area contributed by atoms with Gasteiger partial charge in [0, 0.05) is 24.7 Å². The van der Waals surface area contributed by atoms with E-state index in [-0.39, 0.29) is 18.3 Å². The van der Waals surface area contributed by atoms with Gasteiger partial charge in [0.15, 0.2) is 0 Å². The Bertz CT molecular complexity index is 743. The third-order valence-electron chi connectivity index (χ3n) is 3.77. The van der Waals surface area contributed by atoms with Crippen LogP contribution in [0.15, 0.2) is 29.6 Å². The van der Waals surface area contributed by atoms with E-state index in [1.165, 1.54) is 27.2 Å². The molecule has 26 heavy (non-hydrogen) atoms. The molecule has 0 fully saturated rings. The molecule has 0 aliphatic heterocycles. The Morgan fingerprint density at radius 3 is 2.54 bits per heavy atom. The first kappa shape index (κ1) is 19.9. The number of ether oxygens (including phenoxy) is 1. The Balaban J connectivity index is 2.06. The molecule has 2 rings (SSSR count). The third kappa shape index (κ3) is 5.53. The van der Waals surface area contributed by atoms with E-state index in [4.69, 9.17) is 4.74 Å². The lowest BCUT2D eigenvalue weighted by atomic mass is 10.0. The number of carbonyl (C=O) groups is 2. The lowest BCUT2D eigenvalue weighted by Crippen LogP contribution is -2.36. The van der Waals surface area contributed by atoms with Crippen LogP contribution in [0, 0.1) is 0 Å². The van der Waals surface area contributed by atoms with Crippen molar-refractivity contribution in [2.24, 2.45) is 0 Å². The van der Waals surface area contributed by atoms with E-state index < -0.39 is 5.97 Å². The number of carboxylic acid groups (broad SMARTS) is 1. The summed E-state index contributed by atoms with van der Waals surface area (Å²) in [6, 6.07) is 7.38. The van der Waals surface area contributed by atoms with Crippen molar-refractivity contribution in [2.75, 3.05) is 25.6 Å². The fraction of sp³-hybridized carbons (Fsp3) is 0.389. The number of urea groups is 1. The summed E-state index contributed by atoms with van der Waals surface area (Å²) in [7, 11) is 1.55. The number of aromatic nitrogens is 1. The van der Waals surface area contributed by atoms with Crippen molar-refractivity contribution in [1.82, 2.24) is 9.88 Å². The smallest absolute Gasteiger partial charge is 0.322 e. The number of aromatic carboxylic acids is 1. The molecule has 0 unspecified atom stereocenters. The van der Waals surface area contributed by atoms with Crippen molar-refractivity contribution in [3.63, 3.8) is 0 Å². The first-order valence-electron chi connectivity index (χ1n) is 8.21. The summed E-state index contributed by atoms with van der Waals surface area (Å²) >= 11 is 1.17. The first-order chi connectivity index (χ1) is 12.4. The Morgan fingerprint density at radius 1 is 1.31 bits per heavy atom. The maximum atomic E-state index is 12.6. The number of carboxylic acids is 1. The van der Waals surface area contributed by atoms with Gasteiger partial charge in [-0.3, -0.25) is 0 Å². The zero-order valence-corrected chi connectivity index (χ0v) is 15.8. The number of nitrogens with one attached hydrogen (secondary N) is 1. The van der Waals surface area contributed by atoms with Crippen LogP contribution < -0.4 is 10.4 Å². The quantitative estimate of drug-likeness (QED) is 0.763. The van der Waals surface area contributed by atoms with Gasteiger partial charge in [0.25, 0.3) is 0 Å². The minimum atomic E-state index is -1.33. The molecule has 1 heterocycles. The Morgan fingerprint density at radius 2 is 2.00 bits per heavy atom. The lowest BCUT2D eigenvalue weighted by Gasteiger charge is -2.22. The molecule has 1 N–H and O–H groups in total. The number of methoxy groups -OCH3 is 1. The van der Waals surface area contributed by atoms with Gasteiger partial charge >= 0.3 is 6.03 Å². The Labute approximate surface area is 156 Å². The van der Waals surface area contributed by atoms with Gasteiger partial charge in [-0.05, 0) is 23.6 Å². The summed E-state index contributed by atoms with van der Waals surface area (Å²) in [6.45, 7) is 5.12. The second-order valence-electron chi connectivity index (χ2n) is 6.04. The summed E-state index contributed by atoms with van der Waals surface area (Å²) in [5, 5.41) is 15.6. The van der Waals surface area contributed by atoms with Crippen molar-refractivity contribution >= 4 is 29.0 Å². The molecular formula is C18H22N3O4S-. The molecular weight excluding hydrogens is 354 g/mol. The molecule has 7 nitrogen and oxygen atoms in total. The number of rotatable bonds is 8. The van der Waals surface area contributed by atoms with Gasteiger partial charge in [0.2, 0.25) is 0 Å². The molecule has 8 heteroatoms. The highest BCUT2D eigenvalue weighted by Gasteiger charge is 2.16. The number of anilines is 1. The van der Waals surface area contributed by atoms with Crippen molar-refractivity contribution in [3.8, 4) is 0 Å². The minimum absolute atomic E-state index is 0.124. The maximum Gasteiger partial charge on any atom is 0.322 e. The van der Waals surface area contributed by atoms with E-state index >= 15 is 0 Å². The molecule has 0 saturated carbocycles. The van der Waals surface area contributed by atoms with Gasteiger partial charge in [-0.25, -0.2) is 9.78 Å². The normalized spacial score (nSPS) is 10.8. The zero-order valence-electron chi connectivity index (χ0n) is 15.0. The van der Waals surface area contributed by atoms with Crippen LogP contribution in [0.2, 0.25) is 0 Å². The van der Waals surface area contributed by atoms with E-state index in [9.17, 15) is 14.7 Å². The van der Waals surface area contributed by atoms with Crippen molar-refractivity contribution in [2.45, 2.75) is 26.3 Å². The van der Waals surface area contributed by atoms with Gasteiger partial charge in [-0.2, -0.15) is 0 Å². The maximum absolute atomic E-state index is 12.6.